The number of aromatic amines is 2. The molecule has 172 valence electrons. The summed E-state index contributed by atoms with van der Waals surface area (Å²) in [5.74, 6) is 0.941. The first kappa shape index (κ1) is 20.7. The summed E-state index contributed by atoms with van der Waals surface area (Å²) in [6.07, 6.45) is 6.08. The number of nitrogens with one attached hydrogen (secondary N) is 2. The maximum absolute atomic E-state index is 14.1. The number of hydrogen-bond donors (Lipinski definition) is 2. The Morgan fingerprint density at radius 2 is 1.91 bits per heavy atom. The summed E-state index contributed by atoms with van der Waals surface area (Å²) in [6.45, 7) is 4.01. The molecule has 0 saturated carbocycles. The summed E-state index contributed by atoms with van der Waals surface area (Å²) in [5.41, 5.74) is 5.18. The average molecular weight is 457 g/mol. The van der Waals surface area contributed by atoms with Crippen molar-refractivity contribution in [3.05, 3.63) is 66.2 Å². The lowest BCUT2D eigenvalue weighted by molar-refractivity contribution is 0.221. The standard InChI is InChI=1S/C26H25FN6O/c1-16(19-9-10-28-15-21(19)27)34-18-6-8-22-20(14-18)25(32-31-22)26-29-23-7-5-17(13-24(23)30-26)33-11-3-2-4-12-33/h5-10,13-16H,2-4,11-12H2,1H3,(H,29,30)(H,31,32). The number of fused-ring (bicyclic) bond motifs is 2. The lowest BCUT2D eigenvalue weighted by atomic mass is 10.1. The molecule has 3 aromatic heterocycles. The fourth-order valence-electron chi connectivity index (χ4n) is 4.69. The Balaban J connectivity index is 1.32. The van der Waals surface area contributed by atoms with Crippen LogP contribution in [0.25, 0.3) is 33.5 Å². The van der Waals surface area contributed by atoms with Crippen LogP contribution in [0.3, 0.4) is 0 Å². The molecule has 0 radical (unpaired) electrons. The van der Waals surface area contributed by atoms with Crippen LogP contribution in [0.1, 0.15) is 37.9 Å². The van der Waals surface area contributed by atoms with Crippen molar-refractivity contribution in [3.63, 3.8) is 0 Å². The number of anilines is 1. The number of pyridine rings is 1. The molecule has 0 amide bonds. The maximum Gasteiger partial charge on any atom is 0.159 e. The third-order valence-electron chi connectivity index (χ3n) is 6.50. The van der Waals surface area contributed by atoms with Crippen molar-refractivity contribution >= 4 is 27.6 Å². The molecule has 7 nitrogen and oxygen atoms in total. The highest BCUT2D eigenvalue weighted by molar-refractivity contribution is 5.94. The highest BCUT2D eigenvalue weighted by Gasteiger charge is 2.17. The SMILES string of the molecule is CC(Oc1ccc2[nH]nc(-c3nc4ccc(N5CCCCC5)cc4[nH]3)c2c1)c1ccncc1F. The van der Waals surface area contributed by atoms with E-state index in [4.69, 9.17) is 9.72 Å². The van der Waals surface area contributed by atoms with Crippen LogP contribution in [0.2, 0.25) is 0 Å². The van der Waals surface area contributed by atoms with E-state index in [1.165, 1.54) is 31.1 Å². The lowest BCUT2D eigenvalue weighted by Crippen LogP contribution is -2.29. The Morgan fingerprint density at radius 3 is 2.76 bits per heavy atom. The molecular weight excluding hydrogens is 431 g/mol. The van der Waals surface area contributed by atoms with E-state index in [2.05, 4.69) is 43.3 Å². The molecule has 2 N–H and O–H groups in total. The van der Waals surface area contributed by atoms with Crippen molar-refractivity contribution in [2.75, 3.05) is 18.0 Å². The van der Waals surface area contributed by atoms with Crippen LogP contribution in [0.15, 0.2) is 54.9 Å². The van der Waals surface area contributed by atoms with Gasteiger partial charge in [0.05, 0.1) is 22.7 Å². The number of benzene rings is 2. The van der Waals surface area contributed by atoms with Gasteiger partial charge in [0.2, 0.25) is 0 Å². The first-order valence-corrected chi connectivity index (χ1v) is 11.6. The van der Waals surface area contributed by atoms with Crippen molar-refractivity contribution in [2.45, 2.75) is 32.3 Å². The van der Waals surface area contributed by atoms with E-state index in [1.807, 2.05) is 25.1 Å². The van der Waals surface area contributed by atoms with E-state index in [0.717, 1.165) is 40.7 Å². The van der Waals surface area contributed by atoms with Crippen LogP contribution in [0.5, 0.6) is 5.75 Å². The Hall–Kier alpha value is -3.94. The number of H-pyrrole nitrogens is 2. The van der Waals surface area contributed by atoms with Gasteiger partial charge in [-0.3, -0.25) is 10.1 Å². The van der Waals surface area contributed by atoms with E-state index in [0.29, 0.717) is 17.1 Å². The lowest BCUT2D eigenvalue weighted by Gasteiger charge is -2.28. The van der Waals surface area contributed by atoms with Gasteiger partial charge in [-0.05, 0) is 68.7 Å². The smallest absolute Gasteiger partial charge is 0.159 e. The topological polar surface area (TPSA) is 82.7 Å². The number of hydrogen-bond acceptors (Lipinski definition) is 5. The van der Waals surface area contributed by atoms with Crippen molar-refractivity contribution < 1.29 is 9.13 Å². The van der Waals surface area contributed by atoms with Gasteiger partial charge in [0, 0.05) is 35.9 Å². The number of rotatable bonds is 5. The summed E-state index contributed by atoms with van der Waals surface area (Å²) >= 11 is 0. The highest BCUT2D eigenvalue weighted by Crippen LogP contribution is 2.32. The first-order chi connectivity index (χ1) is 16.7. The molecule has 5 aromatic rings. The normalized spacial score (nSPS) is 15.2. The minimum absolute atomic E-state index is 0.383. The van der Waals surface area contributed by atoms with Gasteiger partial charge in [-0.25, -0.2) is 9.37 Å². The van der Waals surface area contributed by atoms with Gasteiger partial charge in [0.1, 0.15) is 23.4 Å². The molecule has 1 atom stereocenters. The zero-order valence-corrected chi connectivity index (χ0v) is 18.9. The fourth-order valence-corrected chi connectivity index (χ4v) is 4.69. The van der Waals surface area contributed by atoms with Crippen LogP contribution in [0.4, 0.5) is 10.1 Å². The van der Waals surface area contributed by atoms with Crippen LogP contribution in [-0.4, -0.2) is 38.2 Å². The predicted molar refractivity (Wildman–Crippen MR) is 130 cm³/mol. The molecule has 4 heterocycles. The van der Waals surface area contributed by atoms with Crippen molar-refractivity contribution in [3.8, 4) is 17.3 Å². The number of piperidine rings is 1. The molecular formula is C26H25FN6O. The molecule has 6 rings (SSSR count). The van der Waals surface area contributed by atoms with Crippen LogP contribution >= 0.6 is 0 Å². The summed E-state index contributed by atoms with van der Waals surface area (Å²) in [5, 5.41) is 8.47. The van der Waals surface area contributed by atoms with Gasteiger partial charge >= 0.3 is 0 Å². The van der Waals surface area contributed by atoms with E-state index >= 15 is 0 Å². The largest absolute Gasteiger partial charge is 0.486 e. The highest BCUT2D eigenvalue weighted by atomic mass is 19.1. The molecule has 0 bridgehead atoms. The zero-order chi connectivity index (χ0) is 23.1. The molecule has 1 saturated heterocycles. The van der Waals surface area contributed by atoms with E-state index < -0.39 is 6.10 Å². The van der Waals surface area contributed by atoms with Crippen molar-refractivity contribution in [1.29, 1.82) is 0 Å². The predicted octanol–water partition coefficient (Wildman–Crippen LogP) is 5.77. The first-order valence-electron chi connectivity index (χ1n) is 11.6. The quantitative estimate of drug-likeness (QED) is 0.351. The minimum atomic E-state index is -0.463. The number of halogens is 1. The van der Waals surface area contributed by atoms with Gasteiger partial charge < -0.3 is 14.6 Å². The molecule has 1 aliphatic heterocycles. The van der Waals surface area contributed by atoms with E-state index in [-0.39, 0.29) is 5.82 Å². The molecule has 1 fully saturated rings. The molecule has 1 unspecified atom stereocenters. The monoisotopic (exact) mass is 456 g/mol. The Labute approximate surface area is 196 Å². The van der Waals surface area contributed by atoms with Crippen LogP contribution in [-0.2, 0) is 0 Å². The van der Waals surface area contributed by atoms with Gasteiger partial charge in [0.15, 0.2) is 5.82 Å². The summed E-state index contributed by atoms with van der Waals surface area (Å²) in [6, 6.07) is 13.7. The number of imidazole rings is 1. The molecule has 1 aliphatic rings. The van der Waals surface area contributed by atoms with Gasteiger partial charge in [-0.1, -0.05) is 0 Å². The number of nitrogens with zero attached hydrogens (tertiary/aromatic N) is 4. The second-order valence-corrected chi connectivity index (χ2v) is 8.77. The molecule has 0 spiro atoms. The van der Waals surface area contributed by atoms with Crippen LogP contribution in [0, 0.1) is 5.82 Å². The van der Waals surface area contributed by atoms with Gasteiger partial charge in [-0.2, -0.15) is 5.10 Å². The summed E-state index contributed by atoms with van der Waals surface area (Å²) in [4.78, 5) is 14.5. The molecule has 34 heavy (non-hydrogen) atoms. The fraction of sp³-hybridized carbons (Fsp3) is 0.269. The minimum Gasteiger partial charge on any atom is -0.486 e. The third kappa shape index (κ3) is 3.75. The second-order valence-electron chi connectivity index (χ2n) is 8.77. The maximum atomic E-state index is 14.1. The second kappa shape index (κ2) is 8.44. The Bertz CT molecular complexity index is 1470. The van der Waals surface area contributed by atoms with E-state index in [9.17, 15) is 4.39 Å². The molecule has 0 aliphatic carbocycles. The van der Waals surface area contributed by atoms with E-state index in [1.54, 1.807) is 12.3 Å². The molecule has 2 aromatic carbocycles. The zero-order valence-electron chi connectivity index (χ0n) is 18.9. The number of aromatic nitrogens is 5. The van der Waals surface area contributed by atoms with Crippen molar-refractivity contribution in [2.24, 2.45) is 0 Å². The Kier molecular flexibility index (Phi) is 5.13. The van der Waals surface area contributed by atoms with Crippen LogP contribution < -0.4 is 9.64 Å². The molecule has 8 heteroatoms. The van der Waals surface area contributed by atoms with Gasteiger partial charge in [-0.15, -0.1) is 0 Å². The number of ether oxygens (including phenoxy) is 1. The summed E-state index contributed by atoms with van der Waals surface area (Å²) < 4.78 is 20.2. The van der Waals surface area contributed by atoms with Crippen molar-refractivity contribution in [1.82, 2.24) is 25.1 Å². The van der Waals surface area contributed by atoms with Gasteiger partial charge in [0.25, 0.3) is 0 Å². The average Bonchev–Trinajstić information content (AvgIpc) is 3.48. The Morgan fingerprint density at radius 1 is 1.03 bits per heavy atom. The third-order valence-corrected chi connectivity index (χ3v) is 6.50. The summed E-state index contributed by atoms with van der Waals surface area (Å²) in [7, 11) is 0.